The molecule has 6 heteroatoms. The number of carbonyl (C=O) groups excluding carboxylic acids is 2. The van der Waals surface area contributed by atoms with Crippen LogP contribution in [0.2, 0.25) is 0 Å². The maximum Gasteiger partial charge on any atom is 0.305 e. The largest absolute Gasteiger partial charge is 0.466 e. The number of hydrogen-bond donors (Lipinski definition) is 3. The number of unbranched alkanes of at least 4 members (excludes halogenated alkanes) is 46. The van der Waals surface area contributed by atoms with Crippen LogP contribution in [0.4, 0.5) is 0 Å². The van der Waals surface area contributed by atoms with Crippen molar-refractivity contribution in [2.45, 2.75) is 366 Å². The number of ether oxygens (including phenoxy) is 1. The van der Waals surface area contributed by atoms with E-state index in [4.69, 9.17) is 4.74 Å². The first-order chi connectivity index (χ1) is 36.0. The minimum absolute atomic E-state index is 0.00919. The molecule has 2 unspecified atom stereocenters. The summed E-state index contributed by atoms with van der Waals surface area (Å²) < 4.78 is 5.50. The zero-order chi connectivity index (χ0) is 52.9. The SMILES string of the molecule is CCCCC/C=C\C/C=C\CCCCCCCCCC(=O)OCCCCCCCCCCCCCCCCCCCCCCCCCCCCC(=O)NC(CO)C(O)/C=C/CCCCCCCCCCCCC. The van der Waals surface area contributed by atoms with Gasteiger partial charge in [-0.05, 0) is 64.2 Å². The molecule has 0 aliphatic rings. The summed E-state index contributed by atoms with van der Waals surface area (Å²) >= 11 is 0. The van der Waals surface area contributed by atoms with Gasteiger partial charge >= 0.3 is 5.97 Å². The molecule has 0 rings (SSSR count). The lowest BCUT2D eigenvalue weighted by atomic mass is 10.0. The molecule has 0 heterocycles. The number of rotatable bonds is 61. The van der Waals surface area contributed by atoms with E-state index in [2.05, 4.69) is 43.5 Å². The van der Waals surface area contributed by atoms with Gasteiger partial charge in [0.25, 0.3) is 0 Å². The first kappa shape index (κ1) is 71.1. The molecule has 0 aliphatic carbocycles. The number of carbonyl (C=O) groups is 2. The average Bonchev–Trinajstić information content (AvgIpc) is 3.39. The third-order valence-electron chi connectivity index (χ3n) is 15.2. The second kappa shape index (κ2) is 62.6. The van der Waals surface area contributed by atoms with Crippen LogP contribution in [-0.4, -0.2) is 47.4 Å². The fourth-order valence-corrected chi connectivity index (χ4v) is 10.1. The minimum atomic E-state index is -0.842. The van der Waals surface area contributed by atoms with Crippen molar-refractivity contribution in [2.75, 3.05) is 13.2 Å². The topological polar surface area (TPSA) is 95.9 Å². The van der Waals surface area contributed by atoms with E-state index >= 15 is 0 Å². The van der Waals surface area contributed by atoms with Gasteiger partial charge in [-0.2, -0.15) is 0 Å². The van der Waals surface area contributed by atoms with E-state index in [0.717, 1.165) is 51.4 Å². The van der Waals surface area contributed by atoms with E-state index in [1.807, 2.05) is 6.08 Å². The Labute approximate surface area is 455 Å². The molecule has 0 aromatic carbocycles. The predicted octanol–water partition coefficient (Wildman–Crippen LogP) is 20.8. The van der Waals surface area contributed by atoms with Crippen LogP contribution in [0.25, 0.3) is 0 Å². The monoisotopic (exact) mass is 1030 g/mol. The maximum atomic E-state index is 12.5. The Kier molecular flexibility index (Phi) is 61.0. The van der Waals surface area contributed by atoms with Crippen LogP contribution >= 0.6 is 0 Å². The van der Waals surface area contributed by atoms with Gasteiger partial charge in [-0.3, -0.25) is 9.59 Å². The number of esters is 1. The van der Waals surface area contributed by atoms with Gasteiger partial charge in [-0.1, -0.05) is 314 Å². The van der Waals surface area contributed by atoms with Gasteiger partial charge in [0.15, 0.2) is 0 Å². The lowest BCUT2D eigenvalue weighted by Crippen LogP contribution is -2.45. The van der Waals surface area contributed by atoms with E-state index in [-0.39, 0.29) is 18.5 Å². The summed E-state index contributed by atoms with van der Waals surface area (Å²) in [5, 5.41) is 23.1. The van der Waals surface area contributed by atoms with Crippen LogP contribution in [0.1, 0.15) is 354 Å². The first-order valence-corrected chi connectivity index (χ1v) is 32.8. The molecule has 73 heavy (non-hydrogen) atoms. The second-order valence-corrected chi connectivity index (χ2v) is 22.5. The van der Waals surface area contributed by atoms with Gasteiger partial charge in [0.05, 0.1) is 25.4 Å². The molecule has 0 saturated heterocycles. The Balaban J connectivity index is 3.36. The van der Waals surface area contributed by atoms with Gasteiger partial charge in [-0.25, -0.2) is 0 Å². The highest BCUT2D eigenvalue weighted by atomic mass is 16.5. The summed E-state index contributed by atoms with van der Waals surface area (Å²) in [5.41, 5.74) is 0. The van der Waals surface area contributed by atoms with E-state index in [0.29, 0.717) is 19.4 Å². The first-order valence-electron chi connectivity index (χ1n) is 32.8. The van der Waals surface area contributed by atoms with Crippen molar-refractivity contribution < 1.29 is 24.5 Å². The summed E-state index contributed by atoms with van der Waals surface area (Å²) in [6, 6.07) is -0.625. The molecule has 0 fully saturated rings. The maximum absolute atomic E-state index is 12.5. The molecule has 0 aliphatic heterocycles. The van der Waals surface area contributed by atoms with Crippen molar-refractivity contribution in [1.29, 1.82) is 0 Å². The quantitative estimate of drug-likeness (QED) is 0.0320. The molecule has 0 radical (unpaired) electrons. The van der Waals surface area contributed by atoms with Crippen molar-refractivity contribution in [1.82, 2.24) is 5.32 Å². The molecule has 2 atom stereocenters. The van der Waals surface area contributed by atoms with Crippen LogP contribution in [0, 0.1) is 0 Å². The summed E-state index contributed by atoms with van der Waals surface area (Å²) in [4.78, 5) is 24.5. The number of hydrogen-bond acceptors (Lipinski definition) is 5. The summed E-state index contributed by atoms with van der Waals surface area (Å²) in [5.74, 6) is -0.0558. The lowest BCUT2D eigenvalue weighted by molar-refractivity contribution is -0.143. The van der Waals surface area contributed by atoms with E-state index < -0.39 is 12.1 Å². The van der Waals surface area contributed by atoms with Crippen LogP contribution in [-0.2, 0) is 14.3 Å². The smallest absolute Gasteiger partial charge is 0.305 e. The van der Waals surface area contributed by atoms with Crippen molar-refractivity contribution in [2.24, 2.45) is 0 Å². The molecule has 0 spiro atoms. The number of aliphatic hydroxyl groups excluding tert-OH is 2. The van der Waals surface area contributed by atoms with Gasteiger partial charge in [0.2, 0.25) is 5.91 Å². The van der Waals surface area contributed by atoms with Gasteiger partial charge in [0.1, 0.15) is 0 Å². The normalized spacial score (nSPS) is 12.8. The highest BCUT2D eigenvalue weighted by molar-refractivity contribution is 5.76. The van der Waals surface area contributed by atoms with Gasteiger partial charge in [0, 0.05) is 12.8 Å². The Morgan fingerprint density at radius 3 is 1.07 bits per heavy atom. The highest BCUT2D eigenvalue weighted by Crippen LogP contribution is 2.18. The molecule has 0 aromatic rings. The van der Waals surface area contributed by atoms with E-state index in [9.17, 15) is 19.8 Å². The lowest BCUT2D eigenvalue weighted by Gasteiger charge is -2.20. The summed E-state index contributed by atoms with van der Waals surface area (Å²) in [7, 11) is 0. The predicted molar refractivity (Wildman–Crippen MR) is 319 cm³/mol. The third-order valence-corrected chi connectivity index (χ3v) is 15.2. The zero-order valence-electron chi connectivity index (χ0n) is 49.1. The zero-order valence-corrected chi connectivity index (χ0v) is 49.1. The fourth-order valence-electron chi connectivity index (χ4n) is 10.1. The van der Waals surface area contributed by atoms with Crippen molar-refractivity contribution >= 4 is 11.9 Å². The van der Waals surface area contributed by atoms with Crippen LogP contribution in [0.5, 0.6) is 0 Å². The molecule has 3 N–H and O–H groups in total. The molecular weight excluding hydrogens is 899 g/mol. The number of amides is 1. The highest BCUT2D eigenvalue weighted by Gasteiger charge is 2.18. The van der Waals surface area contributed by atoms with Crippen LogP contribution < -0.4 is 5.32 Å². The Morgan fingerprint density at radius 2 is 0.685 bits per heavy atom. The van der Waals surface area contributed by atoms with E-state index in [1.165, 1.54) is 276 Å². The molecule has 0 bridgehead atoms. The third kappa shape index (κ3) is 59.2. The summed E-state index contributed by atoms with van der Waals surface area (Å²) in [6.07, 6.45) is 79.2. The Hall–Kier alpha value is -1.92. The van der Waals surface area contributed by atoms with Gasteiger partial charge < -0.3 is 20.3 Å². The number of aliphatic hydroxyl groups is 2. The van der Waals surface area contributed by atoms with Crippen LogP contribution in [0.3, 0.4) is 0 Å². The summed E-state index contributed by atoms with van der Waals surface area (Å²) in [6.45, 7) is 4.89. The second-order valence-electron chi connectivity index (χ2n) is 22.5. The number of allylic oxidation sites excluding steroid dienone is 5. The molecule has 430 valence electrons. The van der Waals surface area contributed by atoms with Crippen molar-refractivity contribution in [3.63, 3.8) is 0 Å². The van der Waals surface area contributed by atoms with Gasteiger partial charge in [-0.15, -0.1) is 0 Å². The average molecular weight is 1030 g/mol. The number of nitrogens with one attached hydrogen (secondary N) is 1. The standard InChI is InChI=1S/C67H127NO5/c1-3-5-7-9-11-13-15-17-18-29-33-37-41-45-49-53-57-61-67(72)73-62-58-54-50-46-42-38-34-31-28-26-24-22-20-19-21-23-25-27-30-32-36-40-44-48-52-56-60-66(71)68-64(63-69)65(70)59-55-51-47-43-39-35-16-14-12-10-8-6-4-2/h11,13,17-18,55,59,64-65,69-70H,3-10,12,14-16,19-54,56-58,60-63H2,1-2H3,(H,68,71)/b13-11-,18-17-,59-55+. The van der Waals surface area contributed by atoms with Crippen molar-refractivity contribution in [3.8, 4) is 0 Å². The molecule has 1 amide bonds. The van der Waals surface area contributed by atoms with Crippen LogP contribution in [0.15, 0.2) is 36.5 Å². The van der Waals surface area contributed by atoms with E-state index in [1.54, 1.807) is 6.08 Å². The minimum Gasteiger partial charge on any atom is -0.466 e. The van der Waals surface area contributed by atoms with Crippen molar-refractivity contribution in [3.05, 3.63) is 36.5 Å². The molecule has 6 nitrogen and oxygen atoms in total. The Morgan fingerprint density at radius 1 is 0.384 bits per heavy atom. The molecule has 0 saturated carbocycles. The fraction of sp³-hybridized carbons (Fsp3) is 0.881. The molecule has 0 aromatic heterocycles. The Bertz CT molecular complexity index is 1180. The molecular formula is C67H127NO5.